The number of thiophene rings is 1. The van der Waals surface area contributed by atoms with Crippen LogP contribution >= 0.6 is 11.3 Å². The number of carbonyl (C=O) groups is 1. The smallest absolute Gasteiger partial charge is 0.350 e. The van der Waals surface area contributed by atoms with Crippen LogP contribution in [0, 0.1) is 5.41 Å². The van der Waals surface area contributed by atoms with Gasteiger partial charge in [0.2, 0.25) is 0 Å². The van der Waals surface area contributed by atoms with E-state index in [4.69, 9.17) is 4.74 Å². The number of carbonyl (C=O) groups excluding carboxylic acids is 1. The molecule has 7 heteroatoms. The van der Waals surface area contributed by atoms with E-state index in [2.05, 4.69) is 15.5 Å². The van der Waals surface area contributed by atoms with Gasteiger partial charge in [-0.3, -0.25) is 0 Å². The molecule has 0 unspecified atom stereocenters. The van der Waals surface area contributed by atoms with Crippen molar-refractivity contribution in [3.05, 3.63) is 22.7 Å². The van der Waals surface area contributed by atoms with Crippen molar-refractivity contribution in [3.8, 4) is 5.69 Å². The summed E-state index contributed by atoms with van der Waals surface area (Å²) in [4.78, 5) is 12.5. The molecule has 0 fully saturated rings. The molecule has 0 N–H and O–H groups in total. The molecule has 2 rings (SSSR count). The first-order chi connectivity index (χ1) is 8.47. The fourth-order valence-electron chi connectivity index (χ4n) is 1.25. The third-order valence-electron chi connectivity index (χ3n) is 2.06. The van der Waals surface area contributed by atoms with E-state index in [1.165, 1.54) is 22.3 Å². The maximum absolute atomic E-state index is 12.0. The third-order valence-corrected chi connectivity index (χ3v) is 2.95. The molecule has 0 radical (unpaired) electrons. The number of hydrogen-bond donors (Lipinski definition) is 0. The van der Waals surface area contributed by atoms with Gasteiger partial charge in [0, 0.05) is 0 Å². The van der Waals surface area contributed by atoms with E-state index in [0.29, 0.717) is 17.2 Å². The molecule has 96 valence electrons. The molecule has 0 aliphatic rings. The zero-order valence-corrected chi connectivity index (χ0v) is 11.3. The summed E-state index contributed by atoms with van der Waals surface area (Å²) >= 11 is 1.32. The quantitative estimate of drug-likeness (QED) is 0.794. The summed E-state index contributed by atoms with van der Waals surface area (Å²) in [6.07, 6.45) is 1.45. The second-order valence-corrected chi connectivity index (χ2v) is 5.94. The standard InChI is InChI=1S/C11H14N4O2S/c1-11(2,3)6-17-10(16)9-8(4-5-18-9)15-7-12-13-14-15/h4-5,7H,6H2,1-3H3. The number of ether oxygens (including phenoxy) is 1. The second kappa shape index (κ2) is 4.85. The molecule has 2 heterocycles. The van der Waals surface area contributed by atoms with Crippen LogP contribution in [0.5, 0.6) is 0 Å². The van der Waals surface area contributed by atoms with Crippen molar-refractivity contribution in [1.82, 2.24) is 20.2 Å². The Morgan fingerprint density at radius 3 is 2.89 bits per heavy atom. The molecule has 0 saturated carbocycles. The molecular weight excluding hydrogens is 252 g/mol. The number of tetrazole rings is 1. The Labute approximate surface area is 109 Å². The Kier molecular flexibility index (Phi) is 3.42. The van der Waals surface area contributed by atoms with Crippen LogP contribution in [0.2, 0.25) is 0 Å². The summed E-state index contributed by atoms with van der Waals surface area (Å²) in [5, 5.41) is 12.7. The summed E-state index contributed by atoms with van der Waals surface area (Å²) in [7, 11) is 0. The second-order valence-electron chi connectivity index (χ2n) is 5.03. The molecule has 0 bridgehead atoms. The molecule has 0 aromatic carbocycles. The number of esters is 1. The monoisotopic (exact) mass is 266 g/mol. The highest BCUT2D eigenvalue weighted by molar-refractivity contribution is 7.12. The van der Waals surface area contributed by atoms with Crippen LogP contribution in [-0.4, -0.2) is 32.8 Å². The Bertz CT molecular complexity index is 527. The SMILES string of the molecule is CC(C)(C)COC(=O)c1sccc1-n1cnnn1. The number of nitrogens with zero attached hydrogens (tertiary/aromatic N) is 4. The number of aromatic nitrogens is 4. The zero-order chi connectivity index (χ0) is 13.2. The lowest BCUT2D eigenvalue weighted by atomic mass is 9.99. The number of hydrogen-bond acceptors (Lipinski definition) is 6. The van der Waals surface area contributed by atoms with Gasteiger partial charge in [-0.1, -0.05) is 20.8 Å². The van der Waals surface area contributed by atoms with Gasteiger partial charge in [0.05, 0.1) is 12.3 Å². The minimum absolute atomic E-state index is 0.0537. The predicted molar refractivity (Wildman–Crippen MR) is 66.8 cm³/mol. The van der Waals surface area contributed by atoms with Gasteiger partial charge in [0.1, 0.15) is 11.2 Å². The van der Waals surface area contributed by atoms with Gasteiger partial charge in [-0.05, 0) is 27.3 Å². The van der Waals surface area contributed by atoms with E-state index in [-0.39, 0.29) is 11.4 Å². The van der Waals surface area contributed by atoms with Crippen molar-refractivity contribution < 1.29 is 9.53 Å². The lowest BCUT2D eigenvalue weighted by Crippen LogP contribution is -2.18. The molecule has 0 atom stereocenters. The normalized spacial score (nSPS) is 11.5. The van der Waals surface area contributed by atoms with Crippen LogP contribution in [0.3, 0.4) is 0 Å². The molecule has 0 aliphatic carbocycles. The van der Waals surface area contributed by atoms with Gasteiger partial charge in [-0.15, -0.1) is 16.4 Å². The summed E-state index contributed by atoms with van der Waals surface area (Å²) in [5.41, 5.74) is 0.589. The van der Waals surface area contributed by atoms with Crippen molar-refractivity contribution >= 4 is 17.3 Å². The van der Waals surface area contributed by atoms with Gasteiger partial charge >= 0.3 is 5.97 Å². The van der Waals surface area contributed by atoms with Crippen LogP contribution in [0.4, 0.5) is 0 Å². The molecule has 0 spiro atoms. The Morgan fingerprint density at radius 1 is 1.50 bits per heavy atom. The van der Waals surface area contributed by atoms with E-state index >= 15 is 0 Å². The molecular formula is C11H14N4O2S. The van der Waals surface area contributed by atoms with Crippen LogP contribution in [0.25, 0.3) is 5.69 Å². The fourth-order valence-corrected chi connectivity index (χ4v) is 2.03. The lowest BCUT2D eigenvalue weighted by Gasteiger charge is -2.17. The molecule has 6 nitrogen and oxygen atoms in total. The molecule has 2 aromatic rings. The molecule has 0 aliphatic heterocycles. The first-order valence-electron chi connectivity index (χ1n) is 5.45. The number of rotatable bonds is 3. The highest BCUT2D eigenvalue weighted by atomic mass is 32.1. The highest BCUT2D eigenvalue weighted by Gasteiger charge is 2.20. The van der Waals surface area contributed by atoms with Gasteiger partial charge in [0.15, 0.2) is 0 Å². The Morgan fingerprint density at radius 2 is 2.28 bits per heavy atom. The maximum Gasteiger partial charge on any atom is 0.350 e. The van der Waals surface area contributed by atoms with E-state index < -0.39 is 0 Å². The fraction of sp³-hybridized carbons (Fsp3) is 0.455. The first-order valence-corrected chi connectivity index (χ1v) is 6.33. The average Bonchev–Trinajstić information content (AvgIpc) is 2.94. The van der Waals surface area contributed by atoms with Crippen LogP contribution in [-0.2, 0) is 4.74 Å². The Balaban J connectivity index is 2.15. The van der Waals surface area contributed by atoms with Crippen molar-refractivity contribution in [2.75, 3.05) is 6.61 Å². The topological polar surface area (TPSA) is 69.9 Å². The highest BCUT2D eigenvalue weighted by Crippen LogP contribution is 2.22. The van der Waals surface area contributed by atoms with Gasteiger partial charge < -0.3 is 4.74 Å². The van der Waals surface area contributed by atoms with Crippen molar-refractivity contribution in [2.45, 2.75) is 20.8 Å². The summed E-state index contributed by atoms with van der Waals surface area (Å²) in [5.74, 6) is -0.342. The minimum atomic E-state index is -0.342. The predicted octanol–water partition coefficient (Wildman–Crippen LogP) is 1.93. The Hall–Kier alpha value is -1.76. The summed E-state index contributed by atoms with van der Waals surface area (Å²) in [6, 6.07) is 1.79. The van der Waals surface area contributed by atoms with E-state index in [1.54, 1.807) is 6.07 Å². The first kappa shape index (κ1) is 12.7. The maximum atomic E-state index is 12.0. The van der Waals surface area contributed by atoms with Gasteiger partial charge in [-0.2, -0.15) is 4.68 Å². The third kappa shape index (κ3) is 2.92. The van der Waals surface area contributed by atoms with Crippen molar-refractivity contribution in [1.29, 1.82) is 0 Å². The van der Waals surface area contributed by atoms with Crippen LogP contribution in [0.1, 0.15) is 30.4 Å². The average molecular weight is 266 g/mol. The summed E-state index contributed by atoms with van der Waals surface area (Å²) in [6.45, 7) is 6.41. The zero-order valence-electron chi connectivity index (χ0n) is 10.5. The molecule has 0 amide bonds. The summed E-state index contributed by atoms with van der Waals surface area (Å²) < 4.78 is 6.73. The van der Waals surface area contributed by atoms with E-state index in [9.17, 15) is 4.79 Å². The van der Waals surface area contributed by atoms with Gasteiger partial charge in [0.25, 0.3) is 0 Å². The van der Waals surface area contributed by atoms with Crippen molar-refractivity contribution in [3.63, 3.8) is 0 Å². The largest absolute Gasteiger partial charge is 0.461 e. The van der Waals surface area contributed by atoms with Gasteiger partial charge in [-0.25, -0.2) is 4.79 Å². The molecule has 2 aromatic heterocycles. The molecule has 18 heavy (non-hydrogen) atoms. The van der Waals surface area contributed by atoms with E-state index in [0.717, 1.165) is 0 Å². The molecule has 0 saturated heterocycles. The van der Waals surface area contributed by atoms with E-state index in [1.807, 2.05) is 26.2 Å². The van der Waals surface area contributed by atoms with Crippen LogP contribution < -0.4 is 0 Å². The van der Waals surface area contributed by atoms with Crippen molar-refractivity contribution in [2.24, 2.45) is 5.41 Å². The lowest BCUT2D eigenvalue weighted by molar-refractivity contribution is 0.0372. The van der Waals surface area contributed by atoms with Crippen LogP contribution in [0.15, 0.2) is 17.8 Å². The minimum Gasteiger partial charge on any atom is -0.461 e.